The molecule has 1 aromatic rings. The Balaban J connectivity index is 0.00000120. The van der Waals surface area contributed by atoms with E-state index in [1.165, 1.54) is 14.7 Å². The van der Waals surface area contributed by atoms with Crippen molar-refractivity contribution < 1.29 is 0 Å². The standard InChI is InChI=1S/C13H12N2S2.HI/c1-16-11-8-17(10-5-3-2-4-6-10)12-7-14-9-15-13(11)12;/h2-6,8-9H,7H2,1H3;1H. The van der Waals surface area contributed by atoms with E-state index >= 15 is 0 Å². The molecule has 0 saturated carbocycles. The SMILES string of the molecule is CSC1=CS(c2ccccc2)=C2CN=CN=C12.I. The van der Waals surface area contributed by atoms with Crippen molar-refractivity contribution in [1.29, 1.82) is 0 Å². The number of halogens is 1. The van der Waals surface area contributed by atoms with Crippen molar-refractivity contribution in [2.45, 2.75) is 4.90 Å². The maximum atomic E-state index is 4.43. The van der Waals surface area contributed by atoms with Crippen molar-refractivity contribution in [3.63, 3.8) is 0 Å². The van der Waals surface area contributed by atoms with Crippen molar-refractivity contribution in [3.8, 4) is 0 Å². The van der Waals surface area contributed by atoms with Crippen LogP contribution in [0.1, 0.15) is 0 Å². The van der Waals surface area contributed by atoms with Crippen LogP contribution in [0, 0.1) is 0 Å². The second-order valence-electron chi connectivity index (χ2n) is 3.69. The highest BCUT2D eigenvalue weighted by Gasteiger charge is 2.24. The fourth-order valence-electron chi connectivity index (χ4n) is 1.90. The molecule has 0 aromatic heterocycles. The zero-order valence-electron chi connectivity index (χ0n) is 9.87. The van der Waals surface area contributed by atoms with E-state index in [1.807, 2.05) is 0 Å². The molecule has 1 atom stereocenters. The van der Waals surface area contributed by atoms with Crippen molar-refractivity contribution in [3.05, 3.63) is 40.6 Å². The van der Waals surface area contributed by atoms with Gasteiger partial charge in [0.05, 0.1) is 12.3 Å². The van der Waals surface area contributed by atoms with E-state index in [0.717, 1.165) is 12.3 Å². The molecule has 0 aliphatic carbocycles. The number of nitrogens with zero attached hydrogens (tertiary/aromatic N) is 2. The van der Waals surface area contributed by atoms with Crippen LogP contribution in [-0.4, -0.2) is 29.7 Å². The monoisotopic (exact) mass is 388 g/mol. The summed E-state index contributed by atoms with van der Waals surface area (Å²) in [7, 11) is 0.0521. The van der Waals surface area contributed by atoms with Gasteiger partial charge in [-0.3, -0.25) is 4.99 Å². The first-order chi connectivity index (χ1) is 8.40. The Morgan fingerprint density at radius 3 is 2.72 bits per heavy atom. The van der Waals surface area contributed by atoms with Crippen molar-refractivity contribution in [1.82, 2.24) is 0 Å². The summed E-state index contributed by atoms with van der Waals surface area (Å²) in [6.45, 7) is 0.789. The average molecular weight is 388 g/mol. The third-order valence-electron chi connectivity index (χ3n) is 2.71. The Bertz CT molecular complexity index is 574. The molecule has 2 heterocycles. The molecule has 1 aromatic carbocycles. The van der Waals surface area contributed by atoms with E-state index in [9.17, 15) is 0 Å². The fraction of sp³-hybridized carbons (Fsp3) is 0.154. The van der Waals surface area contributed by atoms with Crippen molar-refractivity contribution >= 4 is 63.1 Å². The average Bonchev–Trinajstić information content (AvgIpc) is 2.78. The molecule has 2 nitrogen and oxygen atoms in total. The van der Waals surface area contributed by atoms with Gasteiger partial charge in [0.25, 0.3) is 0 Å². The van der Waals surface area contributed by atoms with Crippen molar-refractivity contribution in [2.24, 2.45) is 9.98 Å². The fourth-order valence-corrected chi connectivity index (χ4v) is 4.93. The number of rotatable bonds is 2. The largest absolute Gasteiger partial charge is 0.268 e. The van der Waals surface area contributed by atoms with E-state index in [-0.39, 0.29) is 34.5 Å². The Morgan fingerprint density at radius 2 is 2.00 bits per heavy atom. The molecule has 0 bridgehead atoms. The van der Waals surface area contributed by atoms with Gasteiger partial charge in [0.15, 0.2) is 0 Å². The van der Waals surface area contributed by atoms with E-state index in [4.69, 9.17) is 0 Å². The summed E-state index contributed by atoms with van der Waals surface area (Å²) in [6, 6.07) is 10.6. The summed E-state index contributed by atoms with van der Waals surface area (Å²) in [6.07, 6.45) is 3.79. The number of benzene rings is 1. The molecular weight excluding hydrogens is 375 g/mol. The number of allylic oxidation sites excluding steroid dienone is 1. The lowest BCUT2D eigenvalue weighted by molar-refractivity contribution is 1.32. The van der Waals surface area contributed by atoms with Crippen LogP contribution in [0.4, 0.5) is 0 Å². The first kappa shape index (κ1) is 14.0. The zero-order chi connectivity index (χ0) is 11.7. The minimum absolute atomic E-state index is 0. The minimum Gasteiger partial charge on any atom is -0.268 e. The smallest absolute Gasteiger partial charge is 0.111 e. The summed E-state index contributed by atoms with van der Waals surface area (Å²) in [5, 5.41) is 2.34. The Kier molecular flexibility index (Phi) is 4.80. The quantitative estimate of drug-likeness (QED) is 0.559. The summed E-state index contributed by atoms with van der Waals surface area (Å²) in [4.78, 5) is 12.7. The van der Waals surface area contributed by atoms with Gasteiger partial charge in [0, 0.05) is 14.7 Å². The summed E-state index contributed by atoms with van der Waals surface area (Å²) in [5.41, 5.74) is 1.15. The number of hydrogen-bond donors (Lipinski definition) is 0. The minimum atomic E-state index is 0. The van der Waals surface area contributed by atoms with Gasteiger partial charge in [-0.2, -0.15) is 0 Å². The molecular formula is C13H13IN2S2. The Labute approximate surface area is 131 Å². The summed E-state index contributed by atoms with van der Waals surface area (Å²) < 4.78 is 0. The number of aliphatic imine (C=N–C) groups is 2. The van der Waals surface area contributed by atoms with Gasteiger partial charge >= 0.3 is 0 Å². The molecule has 0 fully saturated rings. The van der Waals surface area contributed by atoms with Crippen LogP contribution in [0.15, 0.2) is 55.5 Å². The van der Waals surface area contributed by atoms with E-state index < -0.39 is 0 Å². The Morgan fingerprint density at radius 1 is 1.22 bits per heavy atom. The zero-order valence-corrected chi connectivity index (χ0v) is 13.8. The van der Waals surface area contributed by atoms with Crippen molar-refractivity contribution in [2.75, 3.05) is 12.8 Å². The van der Waals surface area contributed by atoms with Gasteiger partial charge in [0.2, 0.25) is 0 Å². The maximum absolute atomic E-state index is 4.43. The summed E-state index contributed by atoms with van der Waals surface area (Å²) in [5.74, 6) is 0. The molecule has 0 spiro atoms. The van der Waals surface area contributed by atoms with Crippen LogP contribution in [-0.2, 0) is 0 Å². The lowest BCUT2D eigenvalue weighted by Gasteiger charge is -2.10. The highest BCUT2D eigenvalue weighted by atomic mass is 127. The number of fused-ring (bicyclic) bond motifs is 1. The second kappa shape index (κ2) is 6.16. The molecule has 0 N–H and O–H groups in total. The third-order valence-corrected chi connectivity index (χ3v) is 5.71. The van der Waals surface area contributed by atoms with Gasteiger partial charge in [-0.1, -0.05) is 18.2 Å². The van der Waals surface area contributed by atoms with Gasteiger partial charge in [0.1, 0.15) is 6.34 Å². The molecule has 0 saturated heterocycles. The van der Waals surface area contributed by atoms with Crippen LogP contribution in [0.3, 0.4) is 0 Å². The Hall–Kier alpha value is -0.400. The van der Waals surface area contributed by atoms with E-state index in [1.54, 1.807) is 18.1 Å². The van der Waals surface area contributed by atoms with Crippen LogP contribution in [0.5, 0.6) is 0 Å². The first-order valence-corrected chi connectivity index (χ1v) is 7.88. The lowest BCUT2D eigenvalue weighted by atomic mass is 10.2. The number of thioether (sulfide) groups is 1. The predicted molar refractivity (Wildman–Crippen MR) is 95.1 cm³/mol. The van der Waals surface area contributed by atoms with Gasteiger partial charge in [-0.25, -0.2) is 4.99 Å². The molecule has 1 unspecified atom stereocenters. The molecule has 18 heavy (non-hydrogen) atoms. The van der Waals surface area contributed by atoms with Crippen LogP contribution >= 0.6 is 46.2 Å². The third kappa shape index (κ3) is 2.48. The van der Waals surface area contributed by atoms with E-state index in [0.29, 0.717) is 0 Å². The molecule has 2 aliphatic rings. The van der Waals surface area contributed by atoms with Gasteiger partial charge in [-0.15, -0.1) is 46.2 Å². The highest BCUT2D eigenvalue weighted by Crippen LogP contribution is 2.40. The second-order valence-corrected chi connectivity index (χ2v) is 6.42. The molecule has 2 aliphatic heterocycles. The molecule has 3 rings (SSSR count). The topological polar surface area (TPSA) is 24.7 Å². The summed E-state index contributed by atoms with van der Waals surface area (Å²) >= 11 is 1.77. The molecule has 0 radical (unpaired) electrons. The molecule has 5 heteroatoms. The van der Waals surface area contributed by atoms with Gasteiger partial charge < -0.3 is 0 Å². The molecule has 94 valence electrons. The predicted octanol–water partition coefficient (Wildman–Crippen LogP) is 3.81. The first-order valence-electron chi connectivity index (χ1n) is 5.37. The normalized spacial score (nSPS) is 20.9. The van der Waals surface area contributed by atoms with E-state index in [2.05, 4.69) is 52.0 Å². The van der Waals surface area contributed by atoms with Gasteiger partial charge in [-0.05, 0) is 23.8 Å². The molecule has 0 amide bonds. The van der Waals surface area contributed by atoms with Crippen LogP contribution < -0.4 is 0 Å². The van der Waals surface area contributed by atoms with Crippen LogP contribution in [0.2, 0.25) is 0 Å². The van der Waals surface area contributed by atoms with Crippen LogP contribution in [0.25, 0.3) is 0 Å². The maximum Gasteiger partial charge on any atom is 0.111 e. The lowest BCUT2D eigenvalue weighted by Crippen LogP contribution is -2.18. The number of hydrogen-bond acceptors (Lipinski definition) is 3. The highest BCUT2D eigenvalue weighted by molar-refractivity contribution is 14.0.